The third-order valence-electron chi connectivity index (χ3n) is 3.65. The Kier molecular flexibility index (Phi) is 2.90. The largest absolute Gasteiger partial charge is 0.289 e. The van der Waals surface area contributed by atoms with E-state index in [4.69, 9.17) is 6.42 Å². The highest BCUT2D eigenvalue weighted by atomic mass is 15.2. The molecule has 2 fully saturated rings. The van der Waals surface area contributed by atoms with Gasteiger partial charge in [-0.2, -0.15) is 0 Å². The van der Waals surface area contributed by atoms with Crippen LogP contribution in [0.3, 0.4) is 0 Å². The molecule has 0 unspecified atom stereocenters. The van der Waals surface area contributed by atoms with Crippen molar-refractivity contribution < 1.29 is 0 Å². The summed E-state index contributed by atoms with van der Waals surface area (Å²) in [5, 5.41) is 0. The van der Waals surface area contributed by atoms with Crippen LogP contribution in [0.1, 0.15) is 38.5 Å². The third kappa shape index (κ3) is 1.89. The number of hydrogen-bond acceptors (Lipinski definition) is 1. The summed E-state index contributed by atoms with van der Waals surface area (Å²) in [7, 11) is 0. The predicted octanol–water partition coefficient (Wildman–Crippen LogP) is 2.27. The number of nitrogens with zero attached hydrogens (tertiary/aromatic N) is 1. The van der Waals surface area contributed by atoms with Crippen molar-refractivity contribution in [2.24, 2.45) is 5.92 Å². The molecule has 0 aromatic carbocycles. The van der Waals surface area contributed by atoms with Gasteiger partial charge in [-0.1, -0.05) is 18.8 Å². The van der Waals surface area contributed by atoms with Gasteiger partial charge in [0.05, 0.1) is 6.54 Å². The zero-order valence-corrected chi connectivity index (χ0v) is 8.34. The lowest BCUT2D eigenvalue weighted by Crippen LogP contribution is -2.46. The minimum absolute atomic E-state index is 0.832. The Morgan fingerprint density at radius 1 is 1.15 bits per heavy atom. The predicted molar refractivity (Wildman–Crippen MR) is 55.4 cm³/mol. The van der Waals surface area contributed by atoms with Crippen LogP contribution in [-0.2, 0) is 0 Å². The molecule has 0 spiro atoms. The first kappa shape index (κ1) is 9.09. The fraction of sp³-hybridized carbons (Fsp3) is 0.833. The van der Waals surface area contributed by atoms with Crippen LogP contribution in [0.25, 0.3) is 0 Å². The van der Waals surface area contributed by atoms with Gasteiger partial charge in [0.2, 0.25) is 0 Å². The Morgan fingerprint density at radius 3 is 2.77 bits per heavy atom. The third-order valence-corrected chi connectivity index (χ3v) is 3.65. The molecule has 0 N–H and O–H groups in total. The smallest absolute Gasteiger partial charge is 0.0601 e. The van der Waals surface area contributed by atoms with Gasteiger partial charge in [-0.25, -0.2) is 0 Å². The topological polar surface area (TPSA) is 3.24 Å². The second kappa shape index (κ2) is 4.15. The van der Waals surface area contributed by atoms with Crippen LogP contribution in [0.5, 0.6) is 0 Å². The monoisotopic (exact) mass is 177 g/mol. The zero-order valence-electron chi connectivity index (χ0n) is 8.34. The van der Waals surface area contributed by atoms with Crippen LogP contribution in [0.15, 0.2) is 0 Å². The molecule has 2 atom stereocenters. The fourth-order valence-corrected chi connectivity index (χ4v) is 3.04. The van der Waals surface area contributed by atoms with Crippen molar-refractivity contribution in [1.82, 2.24) is 4.90 Å². The van der Waals surface area contributed by atoms with Gasteiger partial charge in [-0.05, 0) is 38.1 Å². The highest BCUT2D eigenvalue weighted by Crippen LogP contribution is 2.34. The molecule has 2 aliphatic rings. The number of rotatable bonds is 1. The Morgan fingerprint density at radius 2 is 1.92 bits per heavy atom. The lowest BCUT2D eigenvalue weighted by molar-refractivity contribution is 0.0729. The lowest BCUT2D eigenvalue weighted by atomic mass is 9.78. The molecule has 1 heteroatoms. The molecule has 1 nitrogen and oxygen atoms in total. The number of fused-ring (bicyclic) bond motifs is 1. The summed E-state index contributed by atoms with van der Waals surface area (Å²) in [4.78, 5) is 2.54. The van der Waals surface area contributed by atoms with Crippen LogP contribution >= 0.6 is 0 Å². The van der Waals surface area contributed by atoms with Crippen molar-refractivity contribution in [3.05, 3.63) is 0 Å². The molecule has 1 aliphatic heterocycles. The first-order chi connectivity index (χ1) is 6.42. The zero-order chi connectivity index (χ0) is 9.10. The molecule has 72 valence electrons. The van der Waals surface area contributed by atoms with Crippen molar-refractivity contribution in [3.63, 3.8) is 0 Å². The van der Waals surface area contributed by atoms with Crippen LogP contribution < -0.4 is 0 Å². The van der Waals surface area contributed by atoms with E-state index in [1.54, 1.807) is 0 Å². The van der Waals surface area contributed by atoms with Crippen LogP contribution in [0.4, 0.5) is 0 Å². The number of terminal acetylenes is 1. The summed E-state index contributed by atoms with van der Waals surface area (Å²) < 4.78 is 0. The molecule has 1 heterocycles. The van der Waals surface area contributed by atoms with Gasteiger partial charge in [0.1, 0.15) is 0 Å². The summed E-state index contributed by atoms with van der Waals surface area (Å²) >= 11 is 0. The maximum absolute atomic E-state index is 5.39. The maximum atomic E-state index is 5.39. The quantitative estimate of drug-likeness (QED) is 0.555. The molecule has 0 aromatic heterocycles. The SMILES string of the molecule is C#CCN1CCC[C@H]2CCCC[C@H]21. The molecule has 1 saturated carbocycles. The second-order valence-corrected chi connectivity index (χ2v) is 4.43. The van der Waals surface area contributed by atoms with E-state index in [-0.39, 0.29) is 0 Å². The average molecular weight is 177 g/mol. The van der Waals surface area contributed by atoms with E-state index in [0.29, 0.717) is 0 Å². The van der Waals surface area contributed by atoms with Gasteiger partial charge in [-0.15, -0.1) is 6.42 Å². The van der Waals surface area contributed by atoms with Gasteiger partial charge in [0.25, 0.3) is 0 Å². The minimum atomic E-state index is 0.832. The average Bonchev–Trinajstić information content (AvgIpc) is 2.19. The molecule has 1 saturated heterocycles. The number of piperidine rings is 1. The van der Waals surface area contributed by atoms with E-state index in [0.717, 1.165) is 18.5 Å². The molecule has 13 heavy (non-hydrogen) atoms. The van der Waals surface area contributed by atoms with Crippen LogP contribution in [0.2, 0.25) is 0 Å². The summed E-state index contributed by atoms with van der Waals surface area (Å²) in [6.07, 6.45) is 13.9. The van der Waals surface area contributed by atoms with Crippen LogP contribution in [0, 0.1) is 18.3 Å². The summed E-state index contributed by atoms with van der Waals surface area (Å²) in [6.45, 7) is 2.12. The molecular weight excluding hydrogens is 158 g/mol. The molecule has 2 rings (SSSR count). The van der Waals surface area contributed by atoms with Crippen molar-refractivity contribution >= 4 is 0 Å². The van der Waals surface area contributed by atoms with E-state index >= 15 is 0 Å². The summed E-state index contributed by atoms with van der Waals surface area (Å²) in [6, 6.07) is 0.832. The highest BCUT2D eigenvalue weighted by molar-refractivity contribution is 4.95. The fourth-order valence-electron chi connectivity index (χ4n) is 3.04. The molecule has 0 aromatic rings. The van der Waals surface area contributed by atoms with Crippen molar-refractivity contribution in [1.29, 1.82) is 0 Å². The molecule has 1 aliphatic carbocycles. The summed E-state index contributed by atoms with van der Waals surface area (Å²) in [5.41, 5.74) is 0. The number of likely N-dealkylation sites (tertiary alicyclic amines) is 1. The molecule has 0 amide bonds. The Labute approximate surface area is 81.5 Å². The van der Waals surface area contributed by atoms with E-state index in [1.165, 1.54) is 45.1 Å². The Bertz CT molecular complexity index is 202. The minimum Gasteiger partial charge on any atom is -0.289 e. The van der Waals surface area contributed by atoms with E-state index in [2.05, 4.69) is 10.8 Å². The lowest BCUT2D eigenvalue weighted by Gasteiger charge is -2.43. The van der Waals surface area contributed by atoms with Gasteiger partial charge < -0.3 is 0 Å². The highest BCUT2D eigenvalue weighted by Gasteiger charge is 2.32. The summed E-state index contributed by atoms with van der Waals surface area (Å²) in [5.74, 6) is 3.76. The maximum Gasteiger partial charge on any atom is 0.0601 e. The first-order valence-corrected chi connectivity index (χ1v) is 5.59. The molecule has 0 bridgehead atoms. The van der Waals surface area contributed by atoms with Gasteiger partial charge >= 0.3 is 0 Å². The van der Waals surface area contributed by atoms with Crippen molar-refractivity contribution in [3.8, 4) is 12.3 Å². The van der Waals surface area contributed by atoms with Gasteiger partial charge in [0, 0.05) is 6.04 Å². The molecule has 0 radical (unpaired) electrons. The molecular formula is C12H19N. The number of hydrogen-bond donors (Lipinski definition) is 0. The Balaban J connectivity index is 1.99. The van der Waals surface area contributed by atoms with Crippen molar-refractivity contribution in [2.45, 2.75) is 44.6 Å². The van der Waals surface area contributed by atoms with E-state index < -0.39 is 0 Å². The standard InChI is InChI=1S/C12H19N/c1-2-9-13-10-5-7-11-6-3-4-8-12(11)13/h1,11-12H,3-10H2/t11-,12-/m1/s1. The van der Waals surface area contributed by atoms with E-state index in [9.17, 15) is 0 Å². The van der Waals surface area contributed by atoms with Crippen molar-refractivity contribution in [2.75, 3.05) is 13.1 Å². The first-order valence-electron chi connectivity index (χ1n) is 5.59. The van der Waals surface area contributed by atoms with Crippen LogP contribution in [-0.4, -0.2) is 24.0 Å². The van der Waals surface area contributed by atoms with E-state index in [1.807, 2.05) is 0 Å². The van der Waals surface area contributed by atoms with Gasteiger partial charge in [-0.3, -0.25) is 4.90 Å². The van der Waals surface area contributed by atoms with Gasteiger partial charge in [0.15, 0.2) is 0 Å². The second-order valence-electron chi connectivity index (χ2n) is 4.43. The Hall–Kier alpha value is -0.480. The normalized spacial score (nSPS) is 35.0.